The third kappa shape index (κ3) is 3.90. The summed E-state index contributed by atoms with van der Waals surface area (Å²) in [4.78, 5) is 14.0. The SMILES string of the molecule is CC(C)CC(=O)/C=C1\SCCN1C(C)C. The topological polar surface area (TPSA) is 20.3 Å². The van der Waals surface area contributed by atoms with Crippen molar-refractivity contribution in [3.8, 4) is 0 Å². The van der Waals surface area contributed by atoms with Crippen LogP contribution in [0.3, 0.4) is 0 Å². The van der Waals surface area contributed by atoms with Crippen LogP contribution in [-0.2, 0) is 4.79 Å². The average molecular weight is 227 g/mol. The van der Waals surface area contributed by atoms with E-state index in [4.69, 9.17) is 0 Å². The summed E-state index contributed by atoms with van der Waals surface area (Å²) in [6.45, 7) is 9.58. The molecule has 0 radical (unpaired) electrons. The Kier molecular flexibility index (Phi) is 4.71. The second-order valence-electron chi connectivity index (χ2n) is 4.68. The van der Waals surface area contributed by atoms with E-state index in [0.717, 1.165) is 17.3 Å². The third-order valence-electron chi connectivity index (χ3n) is 2.38. The first-order chi connectivity index (χ1) is 7.00. The largest absolute Gasteiger partial charge is 0.363 e. The molecule has 0 atom stereocenters. The number of ketones is 1. The first-order valence-corrected chi connectivity index (χ1v) is 6.63. The van der Waals surface area contributed by atoms with Crippen LogP contribution >= 0.6 is 11.8 Å². The van der Waals surface area contributed by atoms with Crippen molar-refractivity contribution in [1.29, 1.82) is 0 Å². The minimum Gasteiger partial charge on any atom is -0.363 e. The number of allylic oxidation sites excluding steroid dienone is 1. The van der Waals surface area contributed by atoms with Gasteiger partial charge in [-0.25, -0.2) is 0 Å². The molecule has 1 rings (SSSR count). The lowest BCUT2D eigenvalue weighted by Crippen LogP contribution is -2.26. The second-order valence-corrected chi connectivity index (χ2v) is 5.80. The van der Waals surface area contributed by atoms with E-state index < -0.39 is 0 Å². The van der Waals surface area contributed by atoms with Crippen molar-refractivity contribution in [3.63, 3.8) is 0 Å². The molecule has 0 unspecified atom stereocenters. The van der Waals surface area contributed by atoms with Gasteiger partial charge in [0.05, 0.1) is 5.03 Å². The molecule has 0 aliphatic carbocycles. The summed E-state index contributed by atoms with van der Waals surface area (Å²) in [5.74, 6) is 1.83. The molecule has 0 spiro atoms. The highest BCUT2D eigenvalue weighted by Gasteiger charge is 2.20. The minimum atomic E-state index is 0.264. The van der Waals surface area contributed by atoms with Gasteiger partial charge in [-0.2, -0.15) is 0 Å². The van der Waals surface area contributed by atoms with Gasteiger partial charge in [0.25, 0.3) is 0 Å². The highest BCUT2D eigenvalue weighted by molar-refractivity contribution is 8.03. The zero-order chi connectivity index (χ0) is 11.4. The molecule has 1 aliphatic heterocycles. The maximum Gasteiger partial charge on any atom is 0.158 e. The lowest BCUT2D eigenvalue weighted by molar-refractivity contribution is -0.115. The van der Waals surface area contributed by atoms with Crippen molar-refractivity contribution in [2.75, 3.05) is 12.3 Å². The summed E-state index contributed by atoms with van der Waals surface area (Å²) < 4.78 is 0. The number of rotatable bonds is 4. The van der Waals surface area contributed by atoms with Crippen LogP contribution in [0.5, 0.6) is 0 Å². The molecular formula is C12H21NOS. The van der Waals surface area contributed by atoms with Gasteiger partial charge < -0.3 is 4.90 Å². The predicted molar refractivity (Wildman–Crippen MR) is 66.8 cm³/mol. The molecule has 0 aromatic heterocycles. The van der Waals surface area contributed by atoms with Crippen molar-refractivity contribution in [3.05, 3.63) is 11.1 Å². The van der Waals surface area contributed by atoms with Crippen LogP contribution in [0, 0.1) is 5.92 Å². The summed E-state index contributed by atoms with van der Waals surface area (Å²) in [6, 6.07) is 0.498. The molecule has 1 aliphatic rings. The van der Waals surface area contributed by atoms with Gasteiger partial charge >= 0.3 is 0 Å². The fraction of sp³-hybridized carbons (Fsp3) is 0.750. The molecule has 15 heavy (non-hydrogen) atoms. The Labute approximate surface area is 97.1 Å². The van der Waals surface area contributed by atoms with Crippen molar-refractivity contribution in [2.24, 2.45) is 5.92 Å². The molecule has 1 fully saturated rings. The summed E-state index contributed by atoms with van der Waals surface area (Å²) >= 11 is 1.80. The van der Waals surface area contributed by atoms with Crippen LogP contribution < -0.4 is 0 Å². The summed E-state index contributed by atoms with van der Waals surface area (Å²) in [7, 11) is 0. The Balaban J connectivity index is 2.61. The first kappa shape index (κ1) is 12.6. The van der Waals surface area contributed by atoms with Gasteiger partial charge in [-0.05, 0) is 19.8 Å². The fourth-order valence-corrected chi connectivity index (χ4v) is 2.86. The van der Waals surface area contributed by atoms with E-state index >= 15 is 0 Å². The van der Waals surface area contributed by atoms with Gasteiger partial charge in [-0.15, -0.1) is 11.8 Å². The van der Waals surface area contributed by atoms with E-state index in [1.54, 1.807) is 11.8 Å². The lowest BCUT2D eigenvalue weighted by Gasteiger charge is -2.23. The van der Waals surface area contributed by atoms with Gasteiger partial charge in [0, 0.05) is 30.8 Å². The monoisotopic (exact) mass is 227 g/mol. The Morgan fingerprint density at radius 3 is 2.67 bits per heavy atom. The zero-order valence-corrected chi connectivity index (χ0v) is 10.9. The average Bonchev–Trinajstić information content (AvgIpc) is 2.50. The van der Waals surface area contributed by atoms with E-state index in [1.165, 1.54) is 0 Å². The van der Waals surface area contributed by atoms with Gasteiger partial charge in [0.15, 0.2) is 5.78 Å². The van der Waals surface area contributed by atoms with E-state index in [9.17, 15) is 4.79 Å². The highest BCUT2D eigenvalue weighted by Crippen LogP contribution is 2.29. The van der Waals surface area contributed by atoms with Crippen LogP contribution in [0.15, 0.2) is 11.1 Å². The lowest BCUT2D eigenvalue weighted by atomic mass is 10.1. The van der Waals surface area contributed by atoms with Crippen LogP contribution in [0.2, 0.25) is 0 Å². The number of carbonyl (C=O) groups is 1. The van der Waals surface area contributed by atoms with Crippen LogP contribution in [-0.4, -0.2) is 29.0 Å². The zero-order valence-electron chi connectivity index (χ0n) is 10.1. The number of hydrogen-bond donors (Lipinski definition) is 0. The number of carbonyl (C=O) groups excluding carboxylic acids is 1. The molecule has 0 saturated carbocycles. The van der Waals surface area contributed by atoms with Crippen LogP contribution in [0.4, 0.5) is 0 Å². The standard InChI is InChI=1S/C12H21NOS/c1-9(2)7-11(14)8-12-13(10(3)4)5-6-15-12/h8-10H,5-7H2,1-4H3/b12-8-. The van der Waals surface area contributed by atoms with Gasteiger partial charge in [-0.1, -0.05) is 13.8 Å². The minimum absolute atomic E-state index is 0.264. The van der Waals surface area contributed by atoms with Crippen LogP contribution in [0.1, 0.15) is 34.1 Å². The molecule has 1 heterocycles. The Hall–Kier alpha value is -0.440. The summed E-state index contributed by atoms with van der Waals surface area (Å²) in [5.41, 5.74) is 0. The molecular weight excluding hydrogens is 206 g/mol. The molecule has 0 bridgehead atoms. The van der Waals surface area contributed by atoms with Crippen molar-refractivity contribution in [1.82, 2.24) is 4.90 Å². The molecule has 3 heteroatoms. The van der Waals surface area contributed by atoms with Crippen molar-refractivity contribution in [2.45, 2.75) is 40.2 Å². The maximum atomic E-state index is 11.7. The smallest absolute Gasteiger partial charge is 0.158 e. The molecule has 86 valence electrons. The molecule has 0 N–H and O–H groups in total. The second kappa shape index (κ2) is 5.59. The van der Waals surface area contributed by atoms with Crippen molar-refractivity contribution >= 4 is 17.5 Å². The van der Waals surface area contributed by atoms with Crippen molar-refractivity contribution < 1.29 is 4.79 Å². The summed E-state index contributed by atoms with van der Waals surface area (Å²) in [6.07, 6.45) is 2.49. The van der Waals surface area contributed by atoms with Gasteiger partial charge in [0.1, 0.15) is 0 Å². The Morgan fingerprint density at radius 2 is 2.13 bits per heavy atom. The molecule has 0 amide bonds. The Morgan fingerprint density at radius 1 is 1.47 bits per heavy atom. The predicted octanol–water partition coefficient (Wildman–Crippen LogP) is 2.90. The fourth-order valence-electron chi connectivity index (χ4n) is 1.68. The third-order valence-corrected chi connectivity index (χ3v) is 3.42. The van der Waals surface area contributed by atoms with Gasteiger partial charge in [-0.3, -0.25) is 4.79 Å². The Bertz CT molecular complexity index is 258. The van der Waals surface area contributed by atoms with E-state index in [2.05, 4.69) is 32.6 Å². The molecule has 2 nitrogen and oxygen atoms in total. The first-order valence-electron chi connectivity index (χ1n) is 5.64. The highest BCUT2D eigenvalue weighted by atomic mass is 32.2. The number of hydrogen-bond acceptors (Lipinski definition) is 3. The number of thioether (sulfide) groups is 1. The van der Waals surface area contributed by atoms with E-state index in [0.29, 0.717) is 18.4 Å². The molecule has 0 aromatic rings. The van der Waals surface area contributed by atoms with E-state index in [1.807, 2.05) is 6.08 Å². The normalized spacial score (nSPS) is 19.6. The number of nitrogens with zero attached hydrogens (tertiary/aromatic N) is 1. The molecule has 0 aromatic carbocycles. The van der Waals surface area contributed by atoms with Gasteiger partial charge in [0.2, 0.25) is 0 Å². The quantitative estimate of drug-likeness (QED) is 0.689. The molecule has 1 saturated heterocycles. The van der Waals surface area contributed by atoms with Crippen LogP contribution in [0.25, 0.3) is 0 Å². The maximum absolute atomic E-state index is 11.7. The summed E-state index contributed by atoms with van der Waals surface area (Å²) in [5, 5.41) is 1.16. The van der Waals surface area contributed by atoms with E-state index in [-0.39, 0.29) is 5.78 Å².